The lowest BCUT2D eigenvalue weighted by Gasteiger charge is -2.11. The van der Waals surface area contributed by atoms with Crippen LogP contribution in [0.1, 0.15) is 12.0 Å². The first-order valence-corrected chi connectivity index (χ1v) is 6.66. The zero-order chi connectivity index (χ0) is 15.4. The van der Waals surface area contributed by atoms with Crippen LogP contribution in [0, 0.1) is 6.92 Å². The minimum Gasteiger partial charge on any atom is -0.494 e. The Labute approximate surface area is 121 Å². The lowest BCUT2D eigenvalue weighted by molar-refractivity contribution is 0.188. The van der Waals surface area contributed by atoms with Gasteiger partial charge in [-0.1, -0.05) is 29.8 Å². The van der Waals surface area contributed by atoms with Crippen molar-refractivity contribution in [2.45, 2.75) is 19.9 Å². The van der Waals surface area contributed by atoms with Gasteiger partial charge >= 0.3 is 5.69 Å². The molecule has 0 bridgehead atoms. The van der Waals surface area contributed by atoms with Gasteiger partial charge in [-0.05, 0) is 18.9 Å². The van der Waals surface area contributed by atoms with Crippen LogP contribution in [-0.2, 0) is 11.3 Å². The van der Waals surface area contributed by atoms with Crippen LogP contribution >= 0.6 is 0 Å². The molecule has 1 aromatic heterocycles. The van der Waals surface area contributed by atoms with Gasteiger partial charge in [0.05, 0.1) is 0 Å². The molecule has 0 amide bonds. The lowest BCUT2D eigenvalue weighted by Crippen LogP contribution is -2.31. The maximum absolute atomic E-state index is 12.0. The van der Waals surface area contributed by atoms with Crippen molar-refractivity contribution in [2.75, 3.05) is 13.7 Å². The second kappa shape index (κ2) is 6.41. The van der Waals surface area contributed by atoms with Gasteiger partial charge in [0.1, 0.15) is 5.56 Å². The summed E-state index contributed by atoms with van der Waals surface area (Å²) in [7, 11) is 1.56. The first kappa shape index (κ1) is 15.1. The molecule has 0 radical (unpaired) electrons. The summed E-state index contributed by atoms with van der Waals surface area (Å²) in [6, 6.07) is 7.20. The van der Waals surface area contributed by atoms with Crippen LogP contribution in [0.4, 0.5) is 0 Å². The van der Waals surface area contributed by atoms with Crippen LogP contribution in [0.3, 0.4) is 0 Å². The summed E-state index contributed by atoms with van der Waals surface area (Å²) in [5.41, 5.74) is 0.435. The van der Waals surface area contributed by atoms with Crippen LogP contribution in [0.2, 0.25) is 0 Å². The van der Waals surface area contributed by atoms with Gasteiger partial charge in [-0.15, -0.1) is 0 Å². The van der Waals surface area contributed by atoms with Crippen LogP contribution in [0.25, 0.3) is 11.1 Å². The van der Waals surface area contributed by atoms with Crippen molar-refractivity contribution < 1.29 is 9.84 Å². The molecule has 0 unspecified atom stereocenters. The zero-order valence-corrected chi connectivity index (χ0v) is 12.0. The Balaban J connectivity index is 2.54. The summed E-state index contributed by atoms with van der Waals surface area (Å²) in [6.45, 7) is 2.63. The van der Waals surface area contributed by atoms with Crippen molar-refractivity contribution in [3.8, 4) is 17.0 Å². The molecule has 2 rings (SSSR count). The van der Waals surface area contributed by atoms with E-state index in [0.29, 0.717) is 18.6 Å². The molecule has 1 heterocycles. The molecule has 6 nitrogen and oxygen atoms in total. The molecule has 112 valence electrons. The van der Waals surface area contributed by atoms with E-state index >= 15 is 0 Å². The second-order valence-electron chi connectivity index (χ2n) is 4.83. The highest BCUT2D eigenvalue weighted by Gasteiger charge is 2.15. The number of H-pyrrole nitrogens is 1. The van der Waals surface area contributed by atoms with E-state index in [-0.39, 0.29) is 18.0 Å². The number of methoxy groups -OCH3 is 1. The third-order valence-electron chi connectivity index (χ3n) is 3.21. The zero-order valence-electron chi connectivity index (χ0n) is 12.0. The number of ether oxygens (including phenoxy) is 1. The summed E-state index contributed by atoms with van der Waals surface area (Å²) in [4.78, 5) is 26.1. The van der Waals surface area contributed by atoms with Gasteiger partial charge in [0, 0.05) is 20.3 Å². The largest absolute Gasteiger partial charge is 0.494 e. The fourth-order valence-corrected chi connectivity index (χ4v) is 2.20. The molecule has 0 saturated heterocycles. The topological polar surface area (TPSA) is 84.3 Å². The van der Waals surface area contributed by atoms with Crippen LogP contribution in [-0.4, -0.2) is 28.4 Å². The smallest absolute Gasteiger partial charge is 0.331 e. The van der Waals surface area contributed by atoms with E-state index in [1.165, 1.54) is 0 Å². The Hall–Kier alpha value is -2.34. The fourth-order valence-electron chi connectivity index (χ4n) is 2.20. The average molecular weight is 290 g/mol. The number of aromatic amines is 1. The van der Waals surface area contributed by atoms with E-state index in [0.717, 1.165) is 10.1 Å². The molecule has 0 saturated carbocycles. The number of nitrogens with one attached hydrogen (secondary N) is 1. The van der Waals surface area contributed by atoms with Crippen molar-refractivity contribution >= 4 is 0 Å². The molecule has 1 aromatic carbocycles. The quantitative estimate of drug-likeness (QED) is 0.812. The Morgan fingerprint density at radius 1 is 1.33 bits per heavy atom. The molecule has 0 aliphatic rings. The molecule has 21 heavy (non-hydrogen) atoms. The predicted molar refractivity (Wildman–Crippen MR) is 79.7 cm³/mol. The number of aromatic nitrogens is 2. The number of hydrogen-bond donors (Lipinski definition) is 2. The molecule has 2 aromatic rings. The number of rotatable bonds is 5. The molecule has 0 aliphatic carbocycles. The lowest BCUT2D eigenvalue weighted by atomic mass is 10.1. The summed E-state index contributed by atoms with van der Waals surface area (Å²) in [5.74, 6) is -0.314. The van der Waals surface area contributed by atoms with E-state index in [1.807, 2.05) is 13.0 Å². The van der Waals surface area contributed by atoms with Gasteiger partial charge in [-0.25, -0.2) is 4.79 Å². The van der Waals surface area contributed by atoms with Gasteiger partial charge in [0.25, 0.3) is 5.56 Å². The maximum atomic E-state index is 12.0. The number of aryl methyl sites for hydroxylation is 1. The normalized spacial score (nSPS) is 10.8. The van der Waals surface area contributed by atoms with Crippen molar-refractivity contribution in [3.63, 3.8) is 0 Å². The Morgan fingerprint density at radius 2 is 2.10 bits per heavy atom. The van der Waals surface area contributed by atoms with E-state index in [1.54, 1.807) is 25.3 Å². The standard InChI is InChI=1S/C15H18N2O4/c1-10-5-3-6-11(9-10)12-13(18)16-15(20)17(14(12)19)7-4-8-21-2/h3,5-6,9,19H,4,7-8H2,1-2H3,(H,16,18,20). The summed E-state index contributed by atoms with van der Waals surface area (Å²) >= 11 is 0. The van der Waals surface area contributed by atoms with Crippen molar-refractivity contribution in [3.05, 3.63) is 50.7 Å². The van der Waals surface area contributed by atoms with E-state index in [2.05, 4.69) is 4.98 Å². The molecule has 0 aliphatic heterocycles. The number of benzene rings is 1. The highest BCUT2D eigenvalue weighted by molar-refractivity contribution is 5.67. The summed E-state index contributed by atoms with van der Waals surface area (Å²) in [5, 5.41) is 10.3. The van der Waals surface area contributed by atoms with Gasteiger partial charge in [0.2, 0.25) is 5.88 Å². The van der Waals surface area contributed by atoms with Gasteiger partial charge in [-0.2, -0.15) is 0 Å². The SMILES string of the molecule is COCCCn1c(O)c(-c2cccc(C)c2)c(=O)[nH]c1=O. The Kier molecular flexibility index (Phi) is 4.59. The second-order valence-corrected chi connectivity index (χ2v) is 4.83. The minimum absolute atomic E-state index is 0.107. The summed E-state index contributed by atoms with van der Waals surface area (Å²) in [6.07, 6.45) is 0.559. The van der Waals surface area contributed by atoms with Crippen LogP contribution in [0.5, 0.6) is 5.88 Å². The number of nitrogens with zero attached hydrogens (tertiary/aromatic N) is 1. The molecule has 0 fully saturated rings. The van der Waals surface area contributed by atoms with Gasteiger partial charge < -0.3 is 9.84 Å². The van der Waals surface area contributed by atoms with Crippen LogP contribution < -0.4 is 11.2 Å². The Bertz CT molecular complexity index is 746. The van der Waals surface area contributed by atoms with Gasteiger partial charge in [-0.3, -0.25) is 14.3 Å². The van der Waals surface area contributed by atoms with E-state index in [9.17, 15) is 14.7 Å². The molecular weight excluding hydrogens is 272 g/mol. The third kappa shape index (κ3) is 3.22. The van der Waals surface area contributed by atoms with E-state index < -0.39 is 11.2 Å². The van der Waals surface area contributed by atoms with Crippen molar-refractivity contribution in [1.82, 2.24) is 9.55 Å². The summed E-state index contributed by atoms with van der Waals surface area (Å²) < 4.78 is 6.08. The maximum Gasteiger partial charge on any atom is 0.331 e. The van der Waals surface area contributed by atoms with E-state index in [4.69, 9.17) is 4.74 Å². The third-order valence-corrected chi connectivity index (χ3v) is 3.21. The number of hydrogen-bond acceptors (Lipinski definition) is 4. The first-order chi connectivity index (χ1) is 10.0. The fraction of sp³-hybridized carbons (Fsp3) is 0.333. The first-order valence-electron chi connectivity index (χ1n) is 6.66. The average Bonchev–Trinajstić information content (AvgIpc) is 2.42. The van der Waals surface area contributed by atoms with Crippen molar-refractivity contribution in [2.24, 2.45) is 0 Å². The molecule has 0 spiro atoms. The molecule has 6 heteroatoms. The minimum atomic E-state index is -0.620. The van der Waals surface area contributed by atoms with Crippen molar-refractivity contribution in [1.29, 1.82) is 0 Å². The molecule has 0 atom stereocenters. The monoisotopic (exact) mass is 290 g/mol. The molecule has 2 N–H and O–H groups in total. The predicted octanol–water partition coefficient (Wildman–Crippen LogP) is 1.25. The number of aromatic hydroxyl groups is 1. The highest BCUT2D eigenvalue weighted by Crippen LogP contribution is 2.24. The molecular formula is C15H18N2O4. The highest BCUT2D eigenvalue weighted by atomic mass is 16.5. The Morgan fingerprint density at radius 3 is 2.76 bits per heavy atom. The van der Waals surface area contributed by atoms with Crippen LogP contribution in [0.15, 0.2) is 33.9 Å². The van der Waals surface area contributed by atoms with Gasteiger partial charge in [0.15, 0.2) is 0 Å².